The molecule has 0 aromatic carbocycles. The van der Waals surface area contributed by atoms with Crippen LogP contribution in [0.15, 0.2) is 11.8 Å². The van der Waals surface area contributed by atoms with Gasteiger partial charge in [-0.05, 0) is 12.3 Å². The molecule has 1 aliphatic heterocycles. The summed E-state index contributed by atoms with van der Waals surface area (Å²) in [5, 5.41) is 3.07. The predicted octanol–water partition coefficient (Wildman–Crippen LogP) is 1.02. The standard InChI is InChI=1S/C11H17NO3/c1-3-8-4-9(7-12-6-8)10(13)5-11(14)15-2/h7-8,12H,3-6H2,1-2H3. The van der Waals surface area contributed by atoms with E-state index in [1.165, 1.54) is 7.11 Å². The Balaban J connectivity index is 2.52. The van der Waals surface area contributed by atoms with Crippen molar-refractivity contribution < 1.29 is 14.3 Å². The molecule has 0 aliphatic carbocycles. The second-order valence-corrected chi connectivity index (χ2v) is 3.73. The van der Waals surface area contributed by atoms with Crippen molar-refractivity contribution in [2.75, 3.05) is 13.7 Å². The molecule has 84 valence electrons. The largest absolute Gasteiger partial charge is 0.469 e. The molecule has 4 heteroatoms. The molecule has 4 nitrogen and oxygen atoms in total. The van der Waals surface area contributed by atoms with Gasteiger partial charge in [-0.15, -0.1) is 0 Å². The molecule has 1 rings (SSSR count). The molecule has 15 heavy (non-hydrogen) atoms. The zero-order chi connectivity index (χ0) is 11.3. The van der Waals surface area contributed by atoms with Crippen LogP contribution in [-0.4, -0.2) is 25.4 Å². The lowest BCUT2D eigenvalue weighted by molar-refractivity contribution is -0.142. The minimum atomic E-state index is -0.473. The van der Waals surface area contributed by atoms with Crippen LogP contribution >= 0.6 is 0 Å². The molecule has 1 atom stereocenters. The SMILES string of the molecule is CCC1CNC=C(C(=O)CC(=O)OC)C1. The zero-order valence-electron chi connectivity index (χ0n) is 9.21. The van der Waals surface area contributed by atoms with E-state index in [1.54, 1.807) is 6.20 Å². The first-order chi connectivity index (χ1) is 7.17. The number of ketones is 1. The Morgan fingerprint density at radius 3 is 2.93 bits per heavy atom. The lowest BCUT2D eigenvalue weighted by Crippen LogP contribution is -2.27. The van der Waals surface area contributed by atoms with E-state index in [1.807, 2.05) is 0 Å². The maximum Gasteiger partial charge on any atom is 0.313 e. The van der Waals surface area contributed by atoms with Crippen molar-refractivity contribution in [1.29, 1.82) is 0 Å². The summed E-state index contributed by atoms with van der Waals surface area (Å²) in [6.07, 6.45) is 3.37. The molecule has 0 fully saturated rings. The number of allylic oxidation sites excluding steroid dienone is 1. The number of ether oxygens (including phenoxy) is 1. The fraction of sp³-hybridized carbons (Fsp3) is 0.636. The first kappa shape index (κ1) is 11.8. The van der Waals surface area contributed by atoms with Crippen LogP contribution in [0.25, 0.3) is 0 Å². The summed E-state index contributed by atoms with van der Waals surface area (Å²) in [6, 6.07) is 0. The van der Waals surface area contributed by atoms with Crippen LogP contribution in [-0.2, 0) is 14.3 Å². The number of rotatable bonds is 4. The second-order valence-electron chi connectivity index (χ2n) is 3.73. The number of hydrogen-bond donors (Lipinski definition) is 1. The Kier molecular flexibility index (Phi) is 4.34. The minimum Gasteiger partial charge on any atom is -0.469 e. The van der Waals surface area contributed by atoms with Gasteiger partial charge in [-0.2, -0.15) is 0 Å². The lowest BCUT2D eigenvalue weighted by Gasteiger charge is -2.21. The van der Waals surface area contributed by atoms with Crippen LogP contribution in [0.2, 0.25) is 0 Å². The number of hydrogen-bond acceptors (Lipinski definition) is 4. The van der Waals surface area contributed by atoms with Crippen molar-refractivity contribution >= 4 is 11.8 Å². The Morgan fingerprint density at radius 1 is 1.60 bits per heavy atom. The van der Waals surface area contributed by atoms with Gasteiger partial charge < -0.3 is 10.1 Å². The van der Waals surface area contributed by atoms with Crippen LogP contribution in [0.4, 0.5) is 0 Å². The van der Waals surface area contributed by atoms with E-state index in [9.17, 15) is 9.59 Å². The molecular formula is C11H17NO3. The molecule has 1 unspecified atom stereocenters. The van der Waals surface area contributed by atoms with E-state index < -0.39 is 5.97 Å². The van der Waals surface area contributed by atoms with Crippen LogP contribution in [0.5, 0.6) is 0 Å². The van der Waals surface area contributed by atoms with Gasteiger partial charge in [0, 0.05) is 18.3 Å². The highest BCUT2D eigenvalue weighted by Gasteiger charge is 2.20. The van der Waals surface area contributed by atoms with Gasteiger partial charge in [-0.3, -0.25) is 9.59 Å². The van der Waals surface area contributed by atoms with Crippen molar-refractivity contribution in [2.45, 2.75) is 26.2 Å². The Hall–Kier alpha value is -1.32. The average Bonchev–Trinajstić information content (AvgIpc) is 2.28. The summed E-state index contributed by atoms with van der Waals surface area (Å²) >= 11 is 0. The Bertz CT molecular complexity index is 284. The number of carbonyl (C=O) groups excluding carboxylic acids is 2. The van der Waals surface area contributed by atoms with Crippen molar-refractivity contribution in [3.63, 3.8) is 0 Å². The lowest BCUT2D eigenvalue weighted by atomic mass is 9.92. The van der Waals surface area contributed by atoms with Gasteiger partial charge in [0.15, 0.2) is 5.78 Å². The molecule has 0 spiro atoms. The third-order valence-corrected chi connectivity index (χ3v) is 2.66. The highest BCUT2D eigenvalue weighted by Crippen LogP contribution is 2.19. The molecule has 1 aliphatic rings. The maximum absolute atomic E-state index is 11.6. The number of Topliss-reactive ketones (excluding diaryl/α,β-unsaturated/α-hetero) is 1. The predicted molar refractivity (Wildman–Crippen MR) is 56.1 cm³/mol. The van der Waals surface area contributed by atoms with Crippen LogP contribution in [0.3, 0.4) is 0 Å². The molecule has 0 radical (unpaired) electrons. The van der Waals surface area contributed by atoms with Crippen molar-refractivity contribution in [3.8, 4) is 0 Å². The molecule has 1 N–H and O–H groups in total. The monoisotopic (exact) mass is 211 g/mol. The first-order valence-electron chi connectivity index (χ1n) is 5.19. The van der Waals surface area contributed by atoms with Crippen LogP contribution in [0.1, 0.15) is 26.2 Å². The quantitative estimate of drug-likeness (QED) is 0.557. The summed E-state index contributed by atoms with van der Waals surface area (Å²) < 4.78 is 4.46. The van der Waals surface area contributed by atoms with Gasteiger partial charge in [0.25, 0.3) is 0 Å². The highest BCUT2D eigenvalue weighted by molar-refractivity contribution is 6.05. The summed E-state index contributed by atoms with van der Waals surface area (Å²) in [6.45, 7) is 3.01. The van der Waals surface area contributed by atoms with E-state index in [2.05, 4.69) is 17.0 Å². The molecule has 0 bridgehead atoms. The van der Waals surface area contributed by atoms with E-state index in [0.717, 1.165) is 19.4 Å². The highest BCUT2D eigenvalue weighted by atomic mass is 16.5. The summed E-state index contributed by atoms with van der Waals surface area (Å²) in [4.78, 5) is 22.5. The van der Waals surface area contributed by atoms with Gasteiger partial charge in [-0.25, -0.2) is 0 Å². The van der Waals surface area contributed by atoms with Gasteiger partial charge in [0.05, 0.1) is 7.11 Å². The average molecular weight is 211 g/mol. The number of nitrogens with one attached hydrogen (secondary N) is 1. The summed E-state index contributed by atoms with van der Waals surface area (Å²) in [5.74, 6) is -0.112. The topological polar surface area (TPSA) is 55.4 Å². The molecule has 0 aromatic heterocycles. The van der Waals surface area contributed by atoms with Gasteiger partial charge in [0.2, 0.25) is 0 Å². The number of carbonyl (C=O) groups is 2. The molecule has 1 heterocycles. The maximum atomic E-state index is 11.6. The summed E-state index contributed by atoms with van der Waals surface area (Å²) in [7, 11) is 1.29. The molecular weight excluding hydrogens is 194 g/mol. The van der Waals surface area contributed by atoms with Crippen LogP contribution < -0.4 is 5.32 Å². The molecule has 0 amide bonds. The second kappa shape index (κ2) is 5.53. The van der Waals surface area contributed by atoms with E-state index in [-0.39, 0.29) is 12.2 Å². The van der Waals surface area contributed by atoms with Crippen molar-refractivity contribution in [3.05, 3.63) is 11.8 Å². The van der Waals surface area contributed by atoms with Crippen LogP contribution in [0, 0.1) is 5.92 Å². The smallest absolute Gasteiger partial charge is 0.313 e. The fourth-order valence-electron chi connectivity index (χ4n) is 1.59. The van der Waals surface area contributed by atoms with E-state index in [0.29, 0.717) is 11.5 Å². The van der Waals surface area contributed by atoms with Gasteiger partial charge in [0.1, 0.15) is 6.42 Å². The number of esters is 1. The fourth-order valence-corrected chi connectivity index (χ4v) is 1.59. The third-order valence-electron chi connectivity index (χ3n) is 2.66. The number of methoxy groups -OCH3 is 1. The molecule has 0 saturated carbocycles. The third kappa shape index (κ3) is 3.38. The van der Waals surface area contributed by atoms with Crippen molar-refractivity contribution in [2.24, 2.45) is 5.92 Å². The van der Waals surface area contributed by atoms with Crippen molar-refractivity contribution in [1.82, 2.24) is 5.32 Å². The van der Waals surface area contributed by atoms with Gasteiger partial charge in [-0.1, -0.05) is 13.3 Å². The zero-order valence-corrected chi connectivity index (χ0v) is 9.21. The normalized spacial score (nSPS) is 20.1. The Morgan fingerprint density at radius 2 is 2.33 bits per heavy atom. The molecule has 0 aromatic rings. The van der Waals surface area contributed by atoms with E-state index >= 15 is 0 Å². The Labute approximate surface area is 89.7 Å². The summed E-state index contributed by atoms with van der Waals surface area (Å²) in [5.41, 5.74) is 0.707. The molecule has 0 saturated heterocycles. The van der Waals surface area contributed by atoms with Gasteiger partial charge >= 0.3 is 5.97 Å². The first-order valence-corrected chi connectivity index (χ1v) is 5.19. The van der Waals surface area contributed by atoms with E-state index in [4.69, 9.17) is 0 Å². The minimum absolute atomic E-state index is 0.132.